The van der Waals surface area contributed by atoms with Crippen LogP contribution >= 0.6 is 31.9 Å². The van der Waals surface area contributed by atoms with Crippen LogP contribution in [0.1, 0.15) is 16.0 Å². The van der Waals surface area contributed by atoms with Crippen LogP contribution in [0.25, 0.3) is 0 Å². The second-order valence-corrected chi connectivity index (χ2v) is 6.44. The van der Waals surface area contributed by atoms with Crippen LogP contribution in [0.2, 0.25) is 0 Å². The number of rotatable bonds is 4. The summed E-state index contributed by atoms with van der Waals surface area (Å²) in [5.41, 5.74) is 2.03. The van der Waals surface area contributed by atoms with Gasteiger partial charge in [-0.3, -0.25) is 0 Å². The van der Waals surface area contributed by atoms with E-state index in [1.165, 1.54) is 12.1 Å². The standard InChI is InChI=1S/C15H11Br2F3O/c16-12-5-1-10(2-6-12)9-14(17)11-3-7-13(8-4-11)21-15(18,19)20/h1-8,14H,9H2. The van der Waals surface area contributed by atoms with Gasteiger partial charge in [0.25, 0.3) is 0 Å². The molecule has 0 N–H and O–H groups in total. The number of halogens is 5. The fourth-order valence-electron chi connectivity index (χ4n) is 1.82. The molecule has 1 nitrogen and oxygen atoms in total. The highest BCUT2D eigenvalue weighted by Crippen LogP contribution is 2.30. The largest absolute Gasteiger partial charge is 0.573 e. The molecule has 0 bridgehead atoms. The summed E-state index contributed by atoms with van der Waals surface area (Å²) in [5, 5.41) is 0. The molecular formula is C15H11Br2F3O. The molecule has 0 saturated heterocycles. The molecule has 1 atom stereocenters. The van der Waals surface area contributed by atoms with Crippen LogP contribution in [0.4, 0.5) is 13.2 Å². The lowest BCUT2D eigenvalue weighted by atomic mass is 10.0. The van der Waals surface area contributed by atoms with Crippen LogP contribution in [0.15, 0.2) is 53.0 Å². The lowest BCUT2D eigenvalue weighted by Gasteiger charge is -2.12. The first-order chi connectivity index (χ1) is 9.83. The molecule has 0 aliphatic rings. The van der Waals surface area contributed by atoms with Gasteiger partial charge in [0.05, 0.1) is 0 Å². The molecule has 0 heterocycles. The zero-order valence-electron chi connectivity index (χ0n) is 10.7. The smallest absolute Gasteiger partial charge is 0.406 e. The van der Waals surface area contributed by atoms with Crippen molar-refractivity contribution in [2.24, 2.45) is 0 Å². The summed E-state index contributed by atoms with van der Waals surface area (Å²) in [4.78, 5) is 0.0265. The van der Waals surface area contributed by atoms with E-state index in [4.69, 9.17) is 0 Å². The van der Waals surface area contributed by atoms with Crippen molar-refractivity contribution >= 4 is 31.9 Å². The fraction of sp³-hybridized carbons (Fsp3) is 0.200. The Hall–Kier alpha value is -1.01. The Morgan fingerprint density at radius 2 is 1.52 bits per heavy atom. The highest BCUT2D eigenvalue weighted by atomic mass is 79.9. The van der Waals surface area contributed by atoms with Crippen molar-refractivity contribution in [3.8, 4) is 5.75 Å². The van der Waals surface area contributed by atoms with Crippen LogP contribution < -0.4 is 4.74 Å². The maximum absolute atomic E-state index is 12.1. The van der Waals surface area contributed by atoms with Crippen molar-refractivity contribution in [1.82, 2.24) is 0 Å². The average molecular weight is 424 g/mol. The molecule has 2 rings (SSSR count). The molecule has 2 aromatic carbocycles. The van der Waals surface area contributed by atoms with Gasteiger partial charge in [-0.1, -0.05) is 56.1 Å². The zero-order valence-corrected chi connectivity index (χ0v) is 13.9. The molecule has 0 saturated carbocycles. The molecule has 0 radical (unpaired) electrons. The van der Waals surface area contributed by atoms with Gasteiger partial charge in [0.2, 0.25) is 0 Å². The van der Waals surface area contributed by atoms with Gasteiger partial charge in [-0.05, 0) is 41.8 Å². The Bertz CT molecular complexity index is 579. The predicted octanol–water partition coefficient (Wildman–Crippen LogP) is 6.03. The second-order valence-electron chi connectivity index (χ2n) is 4.41. The molecule has 6 heteroatoms. The van der Waals surface area contributed by atoms with E-state index in [-0.39, 0.29) is 10.6 Å². The van der Waals surface area contributed by atoms with Crippen molar-refractivity contribution in [1.29, 1.82) is 0 Å². The fourth-order valence-corrected chi connectivity index (χ4v) is 2.77. The summed E-state index contributed by atoms with van der Waals surface area (Å²) in [7, 11) is 0. The van der Waals surface area contributed by atoms with Gasteiger partial charge >= 0.3 is 6.36 Å². The monoisotopic (exact) mass is 422 g/mol. The average Bonchev–Trinajstić information content (AvgIpc) is 2.40. The Kier molecular flexibility index (Phi) is 5.32. The predicted molar refractivity (Wildman–Crippen MR) is 82.6 cm³/mol. The third-order valence-corrected chi connectivity index (χ3v) is 4.18. The van der Waals surface area contributed by atoms with Crippen molar-refractivity contribution in [3.05, 3.63) is 64.1 Å². The minimum absolute atomic E-state index is 0.0265. The van der Waals surface area contributed by atoms with E-state index >= 15 is 0 Å². The third-order valence-electron chi connectivity index (χ3n) is 2.80. The minimum Gasteiger partial charge on any atom is -0.406 e. The van der Waals surface area contributed by atoms with E-state index in [2.05, 4.69) is 36.6 Å². The molecular weight excluding hydrogens is 413 g/mol. The molecule has 0 aliphatic carbocycles. The molecule has 2 aromatic rings. The van der Waals surface area contributed by atoms with Crippen molar-refractivity contribution < 1.29 is 17.9 Å². The van der Waals surface area contributed by atoms with E-state index in [9.17, 15) is 13.2 Å². The summed E-state index contributed by atoms with van der Waals surface area (Å²) in [5.74, 6) is -0.213. The lowest BCUT2D eigenvalue weighted by Crippen LogP contribution is -2.17. The maximum atomic E-state index is 12.1. The van der Waals surface area contributed by atoms with Crippen LogP contribution in [-0.2, 0) is 6.42 Å². The molecule has 1 unspecified atom stereocenters. The van der Waals surface area contributed by atoms with E-state index in [0.717, 1.165) is 22.0 Å². The van der Waals surface area contributed by atoms with Gasteiger partial charge in [-0.25, -0.2) is 0 Å². The SMILES string of the molecule is FC(F)(F)Oc1ccc(C(Br)Cc2ccc(Br)cc2)cc1. The first-order valence-corrected chi connectivity index (χ1v) is 7.78. The van der Waals surface area contributed by atoms with E-state index in [0.29, 0.717) is 0 Å². The summed E-state index contributed by atoms with van der Waals surface area (Å²) >= 11 is 6.92. The number of benzene rings is 2. The second kappa shape index (κ2) is 6.83. The summed E-state index contributed by atoms with van der Waals surface area (Å²) in [6, 6.07) is 13.8. The maximum Gasteiger partial charge on any atom is 0.573 e. The zero-order chi connectivity index (χ0) is 15.5. The van der Waals surface area contributed by atoms with Gasteiger partial charge in [0.1, 0.15) is 5.75 Å². The first kappa shape index (κ1) is 16.4. The van der Waals surface area contributed by atoms with Gasteiger partial charge < -0.3 is 4.74 Å². The third kappa shape index (κ3) is 5.36. The molecule has 0 amide bonds. The first-order valence-electron chi connectivity index (χ1n) is 6.08. The summed E-state index contributed by atoms with van der Waals surface area (Å²) in [6.07, 6.45) is -3.92. The molecule has 112 valence electrons. The quantitative estimate of drug-likeness (QED) is 0.546. The Morgan fingerprint density at radius 3 is 2.05 bits per heavy atom. The number of alkyl halides is 4. The summed E-state index contributed by atoms with van der Waals surface area (Å²) in [6.45, 7) is 0. The lowest BCUT2D eigenvalue weighted by molar-refractivity contribution is -0.274. The Balaban J connectivity index is 2.02. The van der Waals surface area contributed by atoms with E-state index in [1.54, 1.807) is 12.1 Å². The number of hydrogen-bond acceptors (Lipinski definition) is 1. The Morgan fingerprint density at radius 1 is 0.952 bits per heavy atom. The normalized spacial score (nSPS) is 13.0. The van der Waals surface area contributed by atoms with Crippen molar-refractivity contribution in [2.45, 2.75) is 17.6 Å². The topological polar surface area (TPSA) is 9.23 Å². The number of ether oxygens (including phenoxy) is 1. The van der Waals surface area contributed by atoms with Crippen molar-refractivity contribution in [2.75, 3.05) is 0 Å². The van der Waals surface area contributed by atoms with Crippen LogP contribution in [0.5, 0.6) is 5.75 Å². The van der Waals surface area contributed by atoms with Crippen LogP contribution in [0, 0.1) is 0 Å². The van der Waals surface area contributed by atoms with E-state index < -0.39 is 6.36 Å². The van der Waals surface area contributed by atoms with Crippen molar-refractivity contribution in [3.63, 3.8) is 0 Å². The van der Waals surface area contributed by atoms with Gasteiger partial charge in [0, 0.05) is 9.30 Å². The van der Waals surface area contributed by atoms with Gasteiger partial charge in [-0.2, -0.15) is 0 Å². The molecule has 0 aliphatic heterocycles. The van der Waals surface area contributed by atoms with Gasteiger partial charge in [-0.15, -0.1) is 13.2 Å². The molecule has 0 fully saturated rings. The van der Waals surface area contributed by atoms with E-state index in [1.807, 2.05) is 24.3 Å². The molecule has 0 aromatic heterocycles. The van der Waals surface area contributed by atoms with Gasteiger partial charge in [0.15, 0.2) is 0 Å². The minimum atomic E-state index is -4.66. The Labute approximate surface area is 137 Å². The highest BCUT2D eigenvalue weighted by Gasteiger charge is 2.31. The summed E-state index contributed by atoms with van der Waals surface area (Å²) < 4.78 is 41.1. The van der Waals surface area contributed by atoms with Crippen LogP contribution in [0.3, 0.4) is 0 Å². The number of hydrogen-bond donors (Lipinski definition) is 0. The highest BCUT2D eigenvalue weighted by molar-refractivity contribution is 9.10. The van der Waals surface area contributed by atoms with Crippen LogP contribution in [-0.4, -0.2) is 6.36 Å². The molecule has 0 spiro atoms. The molecule has 21 heavy (non-hydrogen) atoms.